The lowest BCUT2D eigenvalue weighted by atomic mass is 9.96. The van der Waals surface area contributed by atoms with Crippen molar-refractivity contribution in [2.45, 2.75) is 18.5 Å². The normalized spacial score (nSPS) is 18.3. The van der Waals surface area contributed by atoms with Crippen LogP contribution in [0.3, 0.4) is 0 Å². The highest BCUT2D eigenvalue weighted by atomic mass is 19.4. The fourth-order valence-corrected chi connectivity index (χ4v) is 2.52. The van der Waals surface area contributed by atoms with Gasteiger partial charge < -0.3 is 5.32 Å². The maximum atomic E-state index is 12.7. The minimum Gasteiger partial charge on any atom is -0.355 e. The zero-order chi connectivity index (χ0) is 15.7. The first-order valence-corrected chi connectivity index (χ1v) is 6.85. The summed E-state index contributed by atoms with van der Waals surface area (Å²) in [5.41, 5.74) is 0.989. The van der Waals surface area contributed by atoms with Crippen LogP contribution >= 0.6 is 0 Å². The topological polar surface area (TPSA) is 42.0 Å². The van der Waals surface area contributed by atoms with Gasteiger partial charge in [0.25, 0.3) is 0 Å². The van der Waals surface area contributed by atoms with Crippen molar-refractivity contribution in [1.29, 1.82) is 0 Å². The van der Waals surface area contributed by atoms with Crippen LogP contribution in [0, 0.1) is 0 Å². The van der Waals surface area contributed by atoms with Gasteiger partial charge in [0, 0.05) is 24.4 Å². The molecule has 2 heterocycles. The molecular formula is C16H13F3N2O. The molecule has 6 heteroatoms. The summed E-state index contributed by atoms with van der Waals surface area (Å²) in [6.45, 7) is 0.597. The molecule has 22 heavy (non-hydrogen) atoms. The van der Waals surface area contributed by atoms with Gasteiger partial charge in [-0.1, -0.05) is 30.3 Å². The van der Waals surface area contributed by atoms with E-state index in [1.54, 1.807) is 18.2 Å². The largest absolute Gasteiger partial charge is 0.433 e. The molecule has 1 atom stereocenters. The Labute approximate surface area is 125 Å². The lowest BCUT2D eigenvalue weighted by molar-refractivity contribution is -0.141. The third-order valence-corrected chi connectivity index (χ3v) is 3.69. The molecule has 0 radical (unpaired) electrons. The Kier molecular flexibility index (Phi) is 3.60. The standard InChI is InChI=1S/C16H13F3N2O/c17-16(18,19)14-3-1-2-13(21-14)11-6-4-10(5-7-11)12-8-15(22)20-9-12/h1-7,12H,8-9H2,(H,20,22). The zero-order valence-electron chi connectivity index (χ0n) is 11.5. The number of nitrogens with one attached hydrogen (secondary N) is 1. The first kappa shape index (κ1) is 14.6. The number of hydrogen-bond acceptors (Lipinski definition) is 2. The molecule has 1 unspecified atom stereocenters. The van der Waals surface area contributed by atoms with Gasteiger partial charge in [0.05, 0.1) is 5.69 Å². The quantitative estimate of drug-likeness (QED) is 0.924. The van der Waals surface area contributed by atoms with Crippen LogP contribution in [0.25, 0.3) is 11.3 Å². The van der Waals surface area contributed by atoms with Crippen molar-refractivity contribution >= 4 is 5.91 Å². The lowest BCUT2D eigenvalue weighted by Gasteiger charge is -2.10. The van der Waals surface area contributed by atoms with Gasteiger partial charge in [-0.3, -0.25) is 4.79 Å². The van der Waals surface area contributed by atoms with E-state index >= 15 is 0 Å². The molecule has 0 aliphatic carbocycles. The van der Waals surface area contributed by atoms with Gasteiger partial charge >= 0.3 is 6.18 Å². The van der Waals surface area contributed by atoms with Crippen molar-refractivity contribution in [2.75, 3.05) is 6.54 Å². The maximum Gasteiger partial charge on any atom is 0.433 e. The summed E-state index contributed by atoms with van der Waals surface area (Å²) in [7, 11) is 0. The molecular weight excluding hydrogens is 293 g/mol. The summed E-state index contributed by atoms with van der Waals surface area (Å²) in [6, 6.07) is 11.0. The van der Waals surface area contributed by atoms with Gasteiger partial charge in [-0.25, -0.2) is 4.98 Å². The van der Waals surface area contributed by atoms with Crippen LogP contribution in [0.5, 0.6) is 0 Å². The number of benzene rings is 1. The minimum absolute atomic E-state index is 0.0219. The summed E-state index contributed by atoms with van der Waals surface area (Å²) in [5, 5.41) is 2.76. The Balaban J connectivity index is 1.85. The SMILES string of the molecule is O=C1CC(c2ccc(-c3cccc(C(F)(F)F)n3)cc2)CN1. The molecule has 1 N–H and O–H groups in total. The summed E-state index contributed by atoms with van der Waals surface area (Å²) in [6.07, 6.45) is -4.01. The molecule has 3 nitrogen and oxygen atoms in total. The van der Waals surface area contributed by atoms with Crippen LogP contribution in [0.4, 0.5) is 13.2 Å². The van der Waals surface area contributed by atoms with E-state index < -0.39 is 11.9 Å². The molecule has 1 aromatic heterocycles. The molecule has 1 aliphatic rings. The molecule has 114 valence electrons. The van der Waals surface area contributed by atoms with Crippen molar-refractivity contribution in [2.24, 2.45) is 0 Å². The van der Waals surface area contributed by atoms with Gasteiger partial charge in [-0.2, -0.15) is 13.2 Å². The second-order valence-electron chi connectivity index (χ2n) is 5.23. The van der Waals surface area contributed by atoms with E-state index in [2.05, 4.69) is 10.3 Å². The number of carbonyl (C=O) groups excluding carboxylic acids is 1. The predicted octanol–water partition coefficient (Wildman–Crippen LogP) is 3.37. The van der Waals surface area contributed by atoms with Crippen molar-refractivity contribution in [1.82, 2.24) is 10.3 Å². The summed E-state index contributed by atoms with van der Waals surface area (Å²) < 4.78 is 38.1. The highest BCUT2D eigenvalue weighted by molar-refractivity contribution is 5.79. The van der Waals surface area contributed by atoms with Crippen LogP contribution < -0.4 is 5.32 Å². The maximum absolute atomic E-state index is 12.7. The smallest absolute Gasteiger partial charge is 0.355 e. The Morgan fingerprint density at radius 3 is 2.41 bits per heavy atom. The molecule has 1 amide bonds. The molecule has 3 rings (SSSR count). The fraction of sp³-hybridized carbons (Fsp3) is 0.250. The average molecular weight is 306 g/mol. The van der Waals surface area contributed by atoms with E-state index in [4.69, 9.17) is 0 Å². The van der Waals surface area contributed by atoms with Gasteiger partial charge in [-0.15, -0.1) is 0 Å². The van der Waals surface area contributed by atoms with E-state index in [0.717, 1.165) is 11.6 Å². The van der Waals surface area contributed by atoms with E-state index in [1.807, 2.05) is 12.1 Å². The molecule has 0 bridgehead atoms. The molecule has 0 saturated carbocycles. The Morgan fingerprint density at radius 2 is 1.82 bits per heavy atom. The van der Waals surface area contributed by atoms with Crippen molar-refractivity contribution < 1.29 is 18.0 Å². The Hall–Kier alpha value is -2.37. The van der Waals surface area contributed by atoms with E-state index in [0.29, 0.717) is 18.5 Å². The van der Waals surface area contributed by atoms with Crippen LogP contribution in [0.2, 0.25) is 0 Å². The van der Waals surface area contributed by atoms with Crippen molar-refractivity contribution in [3.63, 3.8) is 0 Å². The number of nitrogens with zero attached hydrogens (tertiary/aromatic N) is 1. The minimum atomic E-state index is -4.45. The zero-order valence-corrected chi connectivity index (χ0v) is 11.5. The highest BCUT2D eigenvalue weighted by Gasteiger charge is 2.32. The lowest BCUT2D eigenvalue weighted by Crippen LogP contribution is -2.13. The monoisotopic (exact) mass is 306 g/mol. The highest BCUT2D eigenvalue weighted by Crippen LogP contribution is 2.30. The number of pyridine rings is 1. The number of hydrogen-bond donors (Lipinski definition) is 1. The van der Waals surface area contributed by atoms with Crippen LogP contribution in [-0.2, 0) is 11.0 Å². The molecule has 1 saturated heterocycles. The molecule has 0 spiro atoms. The Bertz CT molecular complexity index is 695. The third kappa shape index (κ3) is 2.95. The second-order valence-corrected chi connectivity index (χ2v) is 5.23. The van der Waals surface area contributed by atoms with Crippen LogP contribution in [0.15, 0.2) is 42.5 Å². The number of amides is 1. The van der Waals surface area contributed by atoms with Gasteiger partial charge in [0.2, 0.25) is 5.91 Å². The van der Waals surface area contributed by atoms with Crippen molar-refractivity contribution in [3.05, 3.63) is 53.7 Å². The second kappa shape index (κ2) is 5.44. The number of rotatable bonds is 2. The van der Waals surface area contributed by atoms with E-state index in [-0.39, 0.29) is 17.5 Å². The van der Waals surface area contributed by atoms with Gasteiger partial charge in [-0.05, 0) is 17.7 Å². The average Bonchev–Trinajstić information content (AvgIpc) is 2.93. The van der Waals surface area contributed by atoms with E-state index in [9.17, 15) is 18.0 Å². The Morgan fingerprint density at radius 1 is 1.09 bits per heavy atom. The first-order valence-electron chi connectivity index (χ1n) is 6.85. The molecule has 1 aliphatic heterocycles. The third-order valence-electron chi connectivity index (χ3n) is 3.69. The van der Waals surface area contributed by atoms with Crippen LogP contribution in [-0.4, -0.2) is 17.4 Å². The summed E-state index contributed by atoms with van der Waals surface area (Å²) in [4.78, 5) is 14.9. The number of carbonyl (C=O) groups is 1. The van der Waals surface area contributed by atoms with Gasteiger partial charge in [0.15, 0.2) is 0 Å². The number of halogens is 3. The number of alkyl halides is 3. The van der Waals surface area contributed by atoms with Crippen LogP contribution in [0.1, 0.15) is 23.6 Å². The molecule has 2 aromatic rings. The predicted molar refractivity (Wildman–Crippen MR) is 75.0 cm³/mol. The van der Waals surface area contributed by atoms with Gasteiger partial charge in [0.1, 0.15) is 5.69 Å². The summed E-state index contributed by atoms with van der Waals surface area (Å²) in [5.74, 6) is 0.143. The molecule has 1 aromatic carbocycles. The van der Waals surface area contributed by atoms with Crippen molar-refractivity contribution in [3.8, 4) is 11.3 Å². The molecule has 1 fully saturated rings. The van der Waals surface area contributed by atoms with E-state index in [1.165, 1.54) is 6.07 Å². The fourth-order valence-electron chi connectivity index (χ4n) is 2.52. The number of aromatic nitrogens is 1. The summed E-state index contributed by atoms with van der Waals surface area (Å²) >= 11 is 0. The first-order chi connectivity index (χ1) is 10.4.